The summed E-state index contributed by atoms with van der Waals surface area (Å²) in [4.78, 5) is 39.6. The van der Waals surface area contributed by atoms with Gasteiger partial charge in [0.1, 0.15) is 0 Å². The van der Waals surface area contributed by atoms with Crippen LogP contribution in [0.5, 0.6) is 23.0 Å². The zero-order chi connectivity index (χ0) is 27.9. The molecule has 3 aromatic carbocycles. The Kier molecular flexibility index (Phi) is 8.20. The number of nitrogens with zero attached hydrogens (tertiary/aromatic N) is 2. The highest BCUT2D eigenvalue weighted by Gasteiger charge is 2.25. The molecule has 11 heteroatoms. The predicted octanol–water partition coefficient (Wildman–Crippen LogP) is 4.96. The fraction of sp³-hybridized carbons (Fsp3) is 0.179. The van der Waals surface area contributed by atoms with E-state index in [0.29, 0.717) is 35.8 Å². The molecule has 3 aromatic rings. The summed E-state index contributed by atoms with van der Waals surface area (Å²) in [5, 5.41) is 10.8. The number of hydrogen-bond donors (Lipinski definition) is 0. The van der Waals surface area contributed by atoms with Crippen LogP contribution in [0.25, 0.3) is 6.08 Å². The van der Waals surface area contributed by atoms with Crippen molar-refractivity contribution in [1.29, 1.82) is 0 Å². The van der Waals surface area contributed by atoms with Crippen molar-refractivity contribution >= 4 is 29.6 Å². The first-order chi connectivity index (χ1) is 18.8. The smallest absolute Gasteiger partial charge is 0.363 e. The molecule has 0 aromatic heterocycles. The molecule has 200 valence electrons. The number of methoxy groups -OCH3 is 1. The summed E-state index contributed by atoms with van der Waals surface area (Å²) >= 11 is 0. The van der Waals surface area contributed by atoms with Crippen molar-refractivity contribution < 1.29 is 38.2 Å². The Labute approximate surface area is 223 Å². The van der Waals surface area contributed by atoms with Gasteiger partial charge in [0.2, 0.25) is 5.90 Å². The van der Waals surface area contributed by atoms with E-state index in [4.69, 9.17) is 23.7 Å². The molecular weight excluding hydrogens is 508 g/mol. The van der Waals surface area contributed by atoms with Crippen LogP contribution in [0.4, 0.5) is 5.69 Å². The fourth-order valence-electron chi connectivity index (χ4n) is 3.61. The van der Waals surface area contributed by atoms with Gasteiger partial charge in [-0.1, -0.05) is 6.07 Å². The number of cyclic esters (lactones) is 1. The Balaban J connectivity index is 1.55. The molecule has 11 nitrogen and oxygen atoms in total. The molecule has 0 unspecified atom stereocenters. The third-order valence-electron chi connectivity index (χ3n) is 5.42. The minimum absolute atomic E-state index is 0.0644. The lowest BCUT2D eigenvalue weighted by molar-refractivity contribution is -0.384. The minimum atomic E-state index is -0.718. The predicted molar refractivity (Wildman–Crippen MR) is 140 cm³/mol. The summed E-state index contributed by atoms with van der Waals surface area (Å²) in [7, 11) is 1.40. The van der Waals surface area contributed by atoms with E-state index in [2.05, 4.69) is 4.99 Å². The summed E-state index contributed by atoms with van der Waals surface area (Å²) in [6, 6.07) is 14.8. The SMILES string of the molecule is CCOc1ccc(C2=N/C(=C\c3ccc(OC(=O)c4ccc([N+](=O)[O-])cc4)c(OC)c3)C(=O)O2)cc1OCC. The molecule has 0 radical (unpaired) electrons. The van der Waals surface area contributed by atoms with Gasteiger partial charge in [-0.25, -0.2) is 14.6 Å². The second kappa shape index (κ2) is 11.9. The minimum Gasteiger partial charge on any atom is -0.493 e. The molecule has 0 saturated carbocycles. The van der Waals surface area contributed by atoms with Crippen molar-refractivity contribution in [2.45, 2.75) is 13.8 Å². The molecule has 0 bridgehead atoms. The van der Waals surface area contributed by atoms with Gasteiger partial charge in [-0.2, -0.15) is 0 Å². The van der Waals surface area contributed by atoms with E-state index < -0.39 is 16.9 Å². The number of esters is 2. The number of hydrogen-bond acceptors (Lipinski definition) is 10. The number of aliphatic imine (C=N–C) groups is 1. The number of nitro benzene ring substituents is 1. The van der Waals surface area contributed by atoms with Gasteiger partial charge in [-0.05, 0) is 68.0 Å². The molecule has 0 atom stereocenters. The standard InChI is InChI=1S/C28H24N2O9/c1-4-36-22-13-9-19(16-25(22)37-5-2)26-29-21(28(32)39-26)14-17-6-12-23(24(15-17)35-3)38-27(31)18-7-10-20(11-8-18)30(33)34/h6-16H,4-5H2,1-3H3/b21-14-. The van der Waals surface area contributed by atoms with Crippen LogP contribution >= 0.6 is 0 Å². The number of non-ortho nitro benzene ring substituents is 1. The first-order valence-electron chi connectivity index (χ1n) is 11.9. The van der Waals surface area contributed by atoms with Crippen LogP contribution in [0.15, 0.2) is 71.4 Å². The van der Waals surface area contributed by atoms with Crippen LogP contribution in [-0.4, -0.2) is 43.1 Å². The van der Waals surface area contributed by atoms with Gasteiger partial charge in [0, 0.05) is 17.7 Å². The average Bonchev–Trinajstić information content (AvgIpc) is 3.30. The number of carbonyl (C=O) groups is 2. The van der Waals surface area contributed by atoms with Crippen LogP contribution in [-0.2, 0) is 9.53 Å². The van der Waals surface area contributed by atoms with E-state index in [0.717, 1.165) is 0 Å². The zero-order valence-corrected chi connectivity index (χ0v) is 21.3. The molecule has 39 heavy (non-hydrogen) atoms. The van der Waals surface area contributed by atoms with Gasteiger partial charge < -0.3 is 23.7 Å². The third kappa shape index (κ3) is 6.21. The summed E-state index contributed by atoms with van der Waals surface area (Å²) in [5.74, 6) is 0.203. The highest BCUT2D eigenvalue weighted by atomic mass is 16.6. The second-order valence-electron chi connectivity index (χ2n) is 7.97. The van der Waals surface area contributed by atoms with Crippen LogP contribution in [0.2, 0.25) is 0 Å². The molecule has 0 saturated heterocycles. The van der Waals surface area contributed by atoms with Gasteiger partial charge in [0.15, 0.2) is 28.7 Å². The topological polar surface area (TPSA) is 136 Å². The number of nitro groups is 1. The van der Waals surface area contributed by atoms with Crippen molar-refractivity contribution in [1.82, 2.24) is 0 Å². The van der Waals surface area contributed by atoms with Crippen LogP contribution in [0, 0.1) is 10.1 Å². The number of ether oxygens (including phenoxy) is 5. The van der Waals surface area contributed by atoms with Crippen molar-refractivity contribution in [3.8, 4) is 23.0 Å². The lowest BCUT2D eigenvalue weighted by Crippen LogP contribution is -2.09. The Morgan fingerprint density at radius 3 is 2.31 bits per heavy atom. The molecule has 0 fully saturated rings. The summed E-state index contributed by atoms with van der Waals surface area (Å²) in [6.07, 6.45) is 1.51. The third-order valence-corrected chi connectivity index (χ3v) is 5.42. The fourth-order valence-corrected chi connectivity index (χ4v) is 3.61. The highest BCUT2D eigenvalue weighted by Crippen LogP contribution is 2.32. The van der Waals surface area contributed by atoms with Gasteiger partial charge in [0.05, 0.1) is 30.8 Å². The Bertz CT molecular complexity index is 1480. The normalized spacial score (nSPS) is 13.5. The zero-order valence-electron chi connectivity index (χ0n) is 21.3. The lowest BCUT2D eigenvalue weighted by atomic mass is 10.1. The first-order valence-corrected chi connectivity index (χ1v) is 11.9. The summed E-state index contributed by atoms with van der Waals surface area (Å²) in [5.41, 5.74) is 1.14. The van der Waals surface area contributed by atoms with Gasteiger partial charge in [0.25, 0.3) is 5.69 Å². The second-order valence-corrected chi connectivity index (χ2v) is 7.97. The van der Waals surface area contributed by atoms with Crippen molar-refractivity contribution in [2.24, 2.45) is 4.99 Å². The van der Waals surface area contributed by atoms with Gasteiger partial charge in [-0.15, -0.1) is 0 Å². The maximum Gasteiger partial charge on any atom is 0.363 e. The molecular formula is C28H24N2O9. The molecule has 1 heterocycles. The molecule has 1 aliphatic heterocycles. The molecule has 0 aliphatic carbocycles. The van der Waals surface area contributed by atoms with Gasteiger partial charge in [-0.3, -0.25) is 10.1 Å². The molecule has 1 aliphatic rings. The number of benzene rings is 3. The molecule has 0 spiro atoms. The van der Waals surface area contributed by atoms with Crippen LogP contribution in [0.3, 0.4) is 0 Å². The van der Waals surface area contributed by atoms with Crippen molar-refractivity contribution in [2.75, 3.05) is 20.3 Å². The van der Waals surface area contributed by atoms with Crippen LogP contribution < -0.4 is 18.9 Å². The molecule has 0 N–H and O–H groups in total. The van der Waals surface area contributed by atoms with Crippen molar-refractivity contribution in [3.05, 3.63) is 93.2 Å². The maximum atomic E-state index is 12.5. The Morgan fingerprint density at radius 2 is 1.64 bits per heavy atom. The Hall–Kier alpha value is -5.19. The molecule has 0 amide bonds. The van der Waals surface area contributed by atoms with Crippen molar-refractivity contribution in [3.63, 3.8) is 0 Å². The van der Waals surface area contributed by atoms with E-state index in [-0.39, 0.29) is 34.3 Å². The average molecular weight is 533 g/mol. The monoisotopic (exact) mass is 532 g/mol. The largest absolute Gasteiger partial charge is 0.493 e. The number of carbonyl (C=O) groups excluding carboxylic acids is 2. The Morgan fingerprint density at radius 1 is 0.949 bits per heavy atom. The van der Waals surface area contributed by atoms with Crippen LogP contribution in [0.1, 0.15) is 35.3 Å². The summed E-state index contributed by atoms with van der Waals surface area (Å²) in [6.45, 7) is 4.63. The van der Waals surface area contributed by atoms with Gasteiger partial charge >= 0.3 is 11.9 Å². The van der Waals surface area contributed by atoms with E-state index in [1.807, 2.05) is 13.8 Å². The maximum absolute atomic E-state index is 12.5. The number of rotatable bonds is 10. The van der Waals surface area contributed by atoms with E-state index in [9.17, 15) is 19.7 Å². The van der Waals surface area contributed by atoms with E-state index in [1.165, 1.54) is 43.5 Å². The van der Waals surface area contributed by atoms with E-state index in [1.54, 1.807) is 30.3 Å². The van der Waals surface area contributed by atoms with E-state index >= 15 is 0 Å². The highest BCUT2D eigenvalue weighted by molar-refractivity contribution is 6.13. The first kappa shape index (κ1) is 26.9. The lowest BCUT2D eigenvalue weighted by Gasteiger charge is -2.11. The molecule has 4 rings (SSSR count). The quantitative estimate of drug-likeness (QED) is 0.117. The summed E-state index contributed by atoms with van der Waals surface area (Å²) < 4.78 is 27.3.